The van der Waals surface area contributed by atoms with Crippen molar-refractivity contribution in [3.8, 4) is 0 Å². The molecule has 0 radical (unpaired) electrons. The molecule has 6 nitrogen and oxygen atoms in total. The summed E-state index contributed by atoms with van der Waals surface area (Å²) >= 11 is 0. The van der Waals surface area contributed by atoms with Crippen LogP contribution >= 0.6 is 0 Å². The van der Waals surface area contributed by atoms with Gasteiger partial charge in [-0.3, -0.25) is 4.79 Å². The monoisotopic (exact) mass is 312 g/mol. The first kappa shape index (κ1) is 17.1. The van der Waals surface area contributed by atoms with E-state index >= 15 is 0 Å². The van der Waals surface area contributed by atoms with Crippen molar-refractivity contribution >= 4 is 12.0 Å². The van der Waals surface area contributed by atoms with E-state index in [0.29, 0.717) is 45.3 Å². The summed E-state index contributed by atoms with van der Waals surface area (Å²) in [6, 6.07) is 0. The average molecular weight is 312 g/mol. The van der Waals surface area contributed by atoms with E-state index in [1.807, 2.05) is 18.7 Å². The van der Waals surface area contributed by atoms with Crippen molar-refractivity contribution in [1.29, 1.82) is 0 Å². The van der Waals surface area contributed by atoms with Crippen LogP contribution in [0.5, 0.6) is 0 Å². The molecule has 0 aromatic heterocycles. The van der Waals surface area contributed by atoms with Crippen LogP contribution in [0.4, 0.5) is 4.79 Å². The highest BCUT2D eigenvalue weighted by molar-refractivity contribution is 5.79. The second kappa shape index (κ2) is 8.36. The third-order valence-electron chi connectivity index (χ3n) is 4.12. The molecule has 0 aromatic rings. The van der Waals surface area contributed by atoms with E-state index in [4.69, 9.17) is 9.47 Å². The molecule has 0 bridgehead atoms. The SMILES string of the molecule is CC(C)COC(=O)N1CCCN(C(=O)[C@@H]2CCCOC2)CC1. The number of nitrogens with zero attached hydrogens (tertiary/aromatic N) is 2. The second-order valence-electron chi connectivity index (χ2n) is 6.55. The van der Waals surface area contributed by atoms with Gasteiger partial charge in [-0.25, -0.2) is 4.79 Å². The largest absolute Gasteiger partial charge is 0.449 e. The average Bonchev–Trinajstić information content (AvgIpc) is 2.78. The Morgan fingerprint density at radius 2 is 1.86 bits per heavy atom. The third kappa shape index (κ3) is 4.87. The summed E-state index contributed by atoms with van der Waals surface area (Å²) in [5.41, 5.74) is 0. The Labute approximate surface area is 132 Å². The van der Waals surface area contributed by atoms with Crippen molar-refractivity contribution in [2.75, 3.05) is 46.0 Å². The molecule has 0 N–H and O–H groups in total. The smallest absolute Gasteiger partial charge is 0.409 e. The van der Waals surface area contributed by atoms with E-state index in [0.717, 1.165) is 25.9 Å². The summed E-state index contributed by atoms with van der Waals surface area (Å²) < 4.78 is 10.7. The minimum absolute atomic E-state index is 0.00630. The predicted octanol–water partition coefficient (Wildman–Crippen LogP) is 1.74. The highest BCUT2D eigenvalue weighted by Gasteiger charge is 2.29. The molecule has 2 aliphatic heterocycles. The zero-order valence-electron chi connectivity index (χ0n) is 13.8. The number of rotatable bonds is 3. The Morgan fingerprint density at radius 1 is 1.14 bits per heavy atom. The Bertz CT molecular complexity index is 380. The fraction of sp³-hybridized carbons (Fsp3) is 0.875. The summed E-state index contributed by atoms with van der Waals surface area (Å²) in [7, 11) is 0. The third-order valence-corrected chi connectivity index (χ3v) is 4.12. The maximum Gasteiger partial charge on any atom is 0.409 e. The maximum atomic E-state index is 12.5. The van der Waals surface area contributed by atoms with Gasteiger partial charge >= 0.3 is 6.09 Å². The number of amides is 2. The van der Waals surface area contributed by atoms with E-state index in [2.05, 4.69) is 0 Å². The molecule has 1 atom stereocenters. The van der Waals surface area contributed by atoms with Crippen LogP contribution < -0.4 is 0 Å². The van der Waals surface area contributed by atoms with Crippen LogP contribution in [-0.4, -0.2) is 67.8 Å². The molecule has 0 saturated carbocycles. The van der Waals surface area contributed by atoms with Crippen LogP contribution in [0.15, 0.2) is 0 Å². The number of ether oxygens (including phenoxy) is 2. The molecule has 6 heteroatoms. The van der Waals surface area contributed by atoms with Gasteiger partial charge in [-0.1, -0.05) is 13.8 Å². The molecule has 126 valence electrons. The van der Waals surface area contributed by atoms with E-state index < -0.39 is 0 Å². The van der Waals surface area contributed by atoms with E-state index in [1.165, 1.54) is 0 Å². The van der Waals surface area contributed by atoms with Gasteiger partial charge in [0, 0.05) is 32.8 Å². The standard InChI is InChI=1S/C16H28N2O4/c1-13(2)11-22-16(20)18-7-4-6-17(8-9-18)15(19)14-5-3-10-21-12-14/h13-14H,3-12H2,1-2H3/t14-/m1/s1. The zero-order chi connectivity index (χ0) is 15.9. The lowest BCUT2D eigenvalue weighted by Gasteiger charge is -2.28. The van der Waals surface area contributed by atoms with Gasteiger partial charge in [0.05, 0.1) is 19.1 Å². The quantitative estimate of drug-likeness (QED) is 0.796. The fourth-order valence-electron chi connectivity index (χ4n) is 2.84. The fourth-order valence-corrected chi connectivity index (χ4v) is 2.84. The second-order valence-corrected chi connectivity index (χ2v) is 6.55. The van der Waals surface area contributed by atoms with Crippen LogP contribution in [0.25, 0.3) is 0 Å². The van der Waals surface area contributed by atoms with Gasteiger partial charge < -0.3 is 19.3 Å². The summed E-state index contributed by atoms with van der Waals surface area (Å²) in [5, 5.41) is 0. The van der Waals surface area contributed by atoms with Gasteiger partial charge in [-0.15, -0.1) is 0 Å². The number of carbonyl (C=O) groups excluding carboxylic acids is 2. The molecule has 0 aliphatic carbocycles. The lowest BCUT2D eigenvalue weighted by atomic mass is 10.0. The lowest BCUT2D eigenvalue weighted by Crippen LogP contribution is -2.42. The number of hydrogen-bond acceptors (Lipinski definition) is 4. The summed E-state index contributed by atoms with van der Waals surface area (Å²) in [6.07, 6.45) is 2.41. The summed E-state index contributed by atoms with van der Waals surface area (Å²) in [5.74, 6) is 0.505. The molecule has 0 spiro atoms. The Balaban J connectivity index is 1.81. The normalized spacial score (nSPS) is 23.3. The van der Waals surface area contributed by atoms with Gasteiger partial charge in [0.25, 0.3) is 0 Å². The molecular weight excluding hydrogens is 284 g/mol. The lowest BCUT2D eigenvalue weighted by molar-refractivity contribution is -0.139. The minimum Gasteiger partial charge on any atom is -0.449 e. The van der Waals surface area contributed by atoms with Crippen molar-refractivity contribution < 1.29 is 19.1 Å². The van der Waals surface area contributed by atoms with Crippen LogP contribution in [0.2, 0.25) is 0 Å². The Morgan fingerprint density at radius 3 is 2.55 bits per heavy atom. The molecule has 2 rings (SSSR count). The first-order valence-electron chi connectivity index (χ1n) is 8.36. The highest BCUT2D eigenvalue weighted by atomic mass is 16.6. The molecule has 2 fully saturated rings. The van der Waals surface area contributed by atoms with Crippen molar-refractivity contribution in [1.82, 2.24) is 9.80 Å². The van der Waals surface area contributed by atoms with Gasteiger partial charge in [0.2, 0.25) is 5.91 Å². The Hall–Kier alpha value is -1.30. The van der Waals surface area contributed by atoms with Gasteiger partial charge in [-0.05, 0) is 25.2 Å². The molecule has 2 saturated heterocycles. The molecule has 0 aromatic carbocycles. The van der Waals surface area contributed by atoms with Crippen molar-refractivity contribution in [3.63, 3.8) is 0 Å². The van der Waals surface area contributed by atoms with Crippen LogP contribution in [0.1, 0.15) is 33.1 Å². The van der Waals surface area contributed by atoms with E-state index in [9.17, 15) is 9.59 Å². The molecule has 22 heavy (non-hydrogen) atoms. The minimum atomic E-state index is -0.260. The van der Waals surface area contributed by atoms with Crippen LogP contribution in [0, 0.1) is 11.8 Å². The topological polar surface area (TPSA) is 59.1 Å². The van der Waals surface area contributed by atoms with Crippen molar-refractivity contribution in [3.05, 3.63) is 0 Å². The van der Waals surface area contributed by atoms with Crippen molar-refractivity contribution in [2.24, 2.45) is 11.8 Å². The molecule has 2 heterocycles. The first-order valence-corrected chi connectivity index (χ1v) is 8.36. The molecular formula is C16H28N2O4. The van der Waals surface area contributed by atoms with Gasteiger partial charge in [0.15, 0.2) is 0 Å². The predicted molar refractivity (Wildman–Crippen MR) is 82.5 cm³/mol. The van der Waals surface area contributed by atoms with Gasteiger partial charge in [-0.2, -0.15) is 0 Å². The van der Waals surface area contributed by atoms with Crippen molar-refractivity contribution in [2.45, 2.75) is 33.1 Å². The maximum absolute atomic E-state index is 12.5. The molecule has 2 amide bonds. The first-order chi connectivity index (χ1) is 10.6. The van der Waals surface area contributed by atoms with E-state index in [-0.39, 0.29) is 17.9 Å². The Kier molecular flexibility index (Phi) is 6.49. The number of hydrogen-bond donors (Lipinski definition) is 0. The van der Waals surface area contributed by atoms with Crippen LogP contribution in [0.3, 0.4) is 0 Å². The molecule has 2 aliphatic rings. The summed E-state index contributed by atoms with van der Waals surface area (Å²) in [4.78, 5) is 28.1. The zero-order valence-corrected chi connectivity index (χ0v) is 13.8. The van der Waals surface area contributed by atoms with Gasteiger partial charge in [0.1, 0.15) is 0 Å². The molecule has 0 unspecified atom stereocenters. The highest BCUT2D eigenvalue weighted by Crippen LogP contribution is 2.17. The van der Waals surface area contributed by atoms with E-state index in [1.54, 1.807) is 4.90 Å². The number of carbonyl (C=O) groups is 2. The van der Waals surface area contributed by atoms with Crippen LogP contribution in [-0.2, 0) is 14.3 Å². The summed E-state index contributed by atoms with van der Waals surface area (Å²) in [6.45, 7) is 8.28.